The molecule has 2 atom stereocenters. The lowest BCUT2D eigenvalue weighted by Gasteiger charge is -2.21. The second kappa shape index (κ2) is 6.65. The number of hydrogen-bond acceptors (Lipinski definition) is 2. The number of nitrogens with one attached hydrogen (secondary N) is 1. The van der Waals surface area contributed by atoms with Crippen LogP contribution in [0.3, 0.4) is 0 Å². The SMILES string of the molecule is CC1CC(c2ccccc2)CN1C(=O)c1ccc(NC=O)cc1. The highest BCUT2D eigenvalue weighted by molar-refractivity contribution is 5.95. The molecule has 0 radical (unpaired) electrons. The van der Waals surface area contributed by atoms with Crippen LogP contribution >= 0.6 is 0 Å². The Morgan fingerprint density at radius 2 is 1.83 bits per heavy atom. The van der Waals surface area contributed by atoms with Gasteiger partial charge in [0.2, 0.25) is 6.41 Å². The zero-order valence-corrected chi connectivity index (χ0v) is 13.1. The first-order chi connectivity index (χ1) is 11.2. The molecule has 4 heteroatoms. The summed E-state index contributed by atoms with van der Waals surface area (Å²) in [5.41, 5.74) is 2.63. The van der Waals surface area contributed by atoms with E-state index in [4.69, 9.17) is 0 Å². The van der Waals surface area contributed by atoms with E-state index in [9.17, 15) is 9.59 Å². The van der Waals surface area contributed by atoms with Crippen LogP contribution in [-0.2, 0) is 4.79 Å². The molecular weight excluding hydrogens is 288 g/mol. The lowest BCUT2D eigenvalue weighted by molar-refractivity contribution is -0.105. The molecule has 1 N–H and O–H groups in total. The molecule has 3 rings (SSSR count). The van der Waals surface area contributed by atoms with Crippen LogP contribution in [0.5, 0.6) is 0 Å². The van der Waals surface area contributed by atoms with Crippen molar-refractivity contribution < 1.29 is 9.59 Å². The van der Waals surface area contributed by atoms with Gasteiger partial charge < -0.3 is 10.2 Å². The highest BCUT2D eigenvalue weighted by Crippen LogP contribution is 2.32. The summed E-state index contributed by atoms with van der Waals surface area (Å²) in [6.45, 7) is 2.85. The number of nitrogens with zero attached hydrogens (tertiary/aromatic N) is 1. The Morgan fingerprint density at radius 3 is 2.48 bits per heavy atom. The summed E-state index contributed by atoms with van der Waals surface area (Å²) in [6.07, 6.45) is 1.62. The van der Waals surface area contributed by atoms with Gasteiger partial charge in [-0.1, -0.05) is 30.3 Å². The van der Waals surface area contributed by atoms with E-state index in [1.807, 2.05) is 23.1 Å². The number of amides is 2. The normalized spacial score (nSPS) is 20.3. The Bertz CT molecular complexity index is 682. The maximum atomic E-state index is 12.7. The third kappa shape index (κ3) is 3.26. The summed E-state index contributed by atoms with van der Waals surface area (Å²) in [5.74, 6) is 0.444. The monoisotopic (exact) mass is 308 g/mol. The number of benzene rings is 2. The number of anilines is 1. The Kier molecular flexibility index (Phi) is 4.42. The van der Waals surface area contributed by atoms with Crippen LogP contribution in [0.1, 0.15) is 35.2 Å². The van der Waals surface area contributed by atoms with Crippen molar-refractivity contribution in [2.45, 2.75) is 25.3 Å². The average Bonchev–Trinajstić information content (AvgIpc) is 2.98. The van der Waals surface area contributed by atoms with Gasteiger partial charge in [0.15, 0.2) is 0 Å². The molecule has 1 saturated heterocycles. The zero-order chi connectivity index (χ0) is 16.2. The van der Waals surface area contributed by atoms with Gasteiger partial charge in [-0.25, -0.2) is 0 Å². The summed E-state index contributed by atoms with van der Waals surface area (Å²) in [4.78, 5) is 25.1. The fourth-order valence-corrected chi connectivity index (χ4v) is 3.22. The Labute approximate surface area is 136 Å². The first-order valence-corrected chi connectivity index (χ1v) is 7.85. The van der Waals surface area contributed by atoms with Gasteiger partial charge in [0.05, 0.1) is 0 Å². The van der Waals surface area contributed by atoms with Crippen LogP contribution < -0.4 is 5.32 Å². The summed E-state index contributed by atoms with van der Waals surface area (Å²) < 4.78 is 0. The van der Waals surface area contributed by atoms with Crippen LogP contribution in [0, 0.1) is 0 Å². The molecule has 4 nitrogen and oxygen atoms in total. The van der Waals surface area contributed by atoms with Gasteiger partial charge in [-0.15, -0.1) is 0 Å². The topological polar surface area (TPSA) is 49.4 Å². The van der Waals surface area contributed by atoms with Gasteiger partial charge >= 0.3 is 0 Å². The minimum Gasteiger partial charge on any atom is -0.335 e. The van der Waals surface area contributed by atoms with Crippen molar-refractivity contribution in [1.29, 1.82) is 0 Å². The van der Waals surface area contributed by atoms with E-state index in [0.717, 1.165) is 13.0 Å². The second-order valence-electron chi connectivity index (χ2n) is 5.99. The number of rotatable bonds is 4. The molecule has 1 aliphatic rings. The summed E-state index contributed by atoms with van der Waals surface area (Å²) in [5, 5.41) is 2.58. The van der Waals surface area contributed by atoms with Gasteiger partial charge in [0, 0.05) is 29.8 Å². The summed E-state index contributed by atoms with van der Waals surface area (Å²) in [6, 6.07) is 17.6. The van der Waals surface area contributed by atoms with Gasteiger partial charge in [-0.05, 0) is 43.2 Å². The van der Waals surface area contributed by atoms with Crippen LogP contribution in [0.15, 0.2) is 54.6 Å². The molecule has 2 unspecified atom stereocenters. The Morgan fingerprint density at radius 1 is 1.13 bits per heavy atom. The molecule has 2 amide bonds. The van der Waals surface area contributed by atoms with Gasteiger partial charge in [-0.2, -0.15) is 0 Å². The Balaban J connectivity index is 1.73. The molecule has 0 saturated carbocycles. The van der Waals surface area contributed by atoms with E-state index in [1.54, 1.807) is 24.3 Å². The third-order valence-electron chi connectivity index (χ3n) is 4.46. The second-order valence-corrected chi connectivity index (χ2v) is 5.99. The minimum absolute atomic E-state index is 0.0496. The molecule has 2 aromatic rings. The van der Waals surface area contributed by atoms with Crippen LogP contribution in [-0.4, -0.2) is 29.8 Å². The number of hydrogen-bond donors (Lipinski definition) is 1. The summed E-state index contributed by atoms with van der Waals surface area (Å²) in [7, 11) is 0. The molecule has 1 heterocycles. The molecule has 23 heavy (non-hydrogen) atoms. The maximum absolute atomic E-state index is 12.7. The number of likely N-dealkylation sites (tertiary alicyclic amines) is 1. The maximum Gasteiger partial charge on any atom is 0.254 e. The van der Waals surface area contributed by atoms with Gasteiger partial charge in [0.1, 0.15) is 0 Å². The fraction of sp³-hybridized carbons (Fsp3) is 0.263. The van der Waals surface area contributed by atoms with Crippen molar-refractivity contribution >= 4 is 18.0 Å². The van der Waals surface area contributed by atoms with Crippen molar-refractivity contribution in [1.82, 2.24) is 4.90 Å². The van der Waals surface area contributed by atoms with Gasteiger partial charge in [-0.3, -0.25) is 9.59 Å². The minimum atomic E-state index is 0.0496. The molecule has 1 fully saturated rings. The van der Waals surface area contributed by atoms with Crippen molar-refractivity contribution in [3.63, 3.8) is 0 Å². The van der Waals surface area contributed by atoms with Crippen molar-refractivity contribution in [2.75, 3.05) is 11.9 Å². The fourth-order valence-electron chi connectivity index (χ4n) is 3.22. The van der Waals surface area contributed by atoms with E-state index >= 15 is 0 Å². The molecular formula is C19H20N2O2. The standard InChI is InChI=1S/C19H20N2O2/c1-14-11-17(15-5-3-2-4-6-15)12-21(14)19(23)16-7-9-18(10-8-16)20-13-22/h2-10,13-14,17H,11-12H2,1H3,(H,20,22). The molecule has 0 aromatic heterocycles. The van der Waals surface area contributed by atoms with E-state index in [1.165, 1.54) is 5.56 Å². The van der Waals surface area contributed by atoms with E-state index in [2.05, 4.69) is 24.4 Å². The lowest BCUT2D eigenvalue weighted by atomic mass is 9.97. The lowest BCUT2D eigenvalue weighted by Crippen LogP contribution is -2.33. The average molecular weight is 308 g/mol. The molecule has 1 aliphatic heterocycles. The quantitative estimate of drug-likeness (QED) is 0.881. The van der Waals surface area contributed by atoms with Crippen LogP contribution in [0.25, 0.3) is 0 Å². The van der Waals surface area contributed by atoms with Crippen LogP contribution in [0.4, 0.5) is 5.69 Å². The van der Waals surface area contributed by atoms with Crippen molar-refractivity contribution in [2.24, 2.45) is 0 Å². The highest BCUT2D eigenvalue weighted by atomic mass is 16.2. The smallest absolute Gasteiger partial charge is 0.254 e. The zero-order valence-electron chi connectivity index (χ0n) is 13.1. The molecule has 2 aromatic carbocycles. The highest BCUT2D eigenvalue weighted by Gasteiger charge is 2.33. The summed E-state index contributed by atoms with van der Waals surface area (Å²) >= 11 is 0. The number of carbonyl (C=O) groups excluding carboxylic acids is 2. The predicted octanol–water partition coefficient (Wildman–Crippen LogP) is 3.27. The van der Waals surface area contributed by atoms with Crippen molar-refractivity contribution in [3.8, 4) is 0 Å². The van der Waals surface area contributed by atoms with E-state index in [-0.39, 0.29) is 11.9 Å². The third-order valence-corrected chi connectivity index (χ3v) is 4.46. The molecule has 118 valence electrons. The molecule has 0 spiro atoms. The first kappa shape index (κ1) is 15.3. The Hall–Kier alpha value is -2.62. The molecule has 0 bridgehead atoms. The van der Waals surface area contributed by atoms with Crippen LogP contribution in [0.2, 0.25) is 0 Å². The van der Waals surface area contributed by atoms with Gasteiger partial charge in [0.25, 0.3) is 5.91 Å². The predicted molar refractivity (Wildman–Crippen MR) is 90.4 cm³/mol. The van der Waals surface area contributed by atoms with Crippen molar-refractivity contribution in [3.05, 3.63) is 65.7 Å². The largest absolute Gasteiger partial charge is 0.335 e. The molecule has 0 aliphatic carbocycles. The first-order valence-electron chi connectivity index (χ1n) is 7.85. The van der Waals surface area contributed by atoms with E-state index < -0.39 is 0 Å². The number of carbonyl (C=O) groups is 2. The van der Waals surface area contributed by atoms with E-state index in [0.29, 0.717) is 23.6 Å².